The molecule has 1 aromatic carbocycles. The Labute approximate surface area is 105 Å². The van der Waals surface area contributed by atoms with Gasteiger partial charge in [0.1, 0.15) is 5.82 Å². The number of nitrogens with two attached hydrogens (primary N) is 2. The first-order valence-electron chi connectivity index (χ1n) is 5.31. The van der Waals surface area contributed by atoms with E-state index in [2.05, 4.69) is 9.97 Å². The van der Waals surface area contributed by atoms with Crippen LogP contribution in [0.1, 0.15) is 5.56 Å². The van der Waals surface area contributed by atoms with Crippen LogP contribution in [0.2, 0.25) is 0 Å². The molecule has 0 fully saturated rings. The normalized spacial score (nSPS) is 10.1. The molecule has 0 unspecified atom stereocenters. The molecule has 1 aromatic heterocycles. The predicted molar refractivity (Wildman–Crippen MR) is 68.7 cm³/mol. The van der Waals surface area contributed by atoms with Gasteiger partial charge in [-0.05, 0) is 24.6 Å². The molecule has 0 amide bonds. The predicted octanol–water partition coefficient (Wildman–Crippen LogP) is 1.75. The first-order chi connectivity index (χ1) is 8.58. The maximum absolute atomic E-state index is 5.58. The smallest absolute Gasteiger partial charge is 0.226 e. The second kappa shape index (κ2) is 4.79. The van der Waals surface area contributed by atoms with Crippen LogP contribution in [0.25, 0.3) is 0 Å². The van der Waals surface area contributed by atoms with Crippen molar-refractivity contribution in [2.24, 2.45) is 0 Å². The van der Waals surface area contributed by atoms with Gasteiger partial charge in [-0.15, -0.1) is 0 Å². The number of nitrogen functional groups attached to an aromatic ring is 2. The standard InChI is InChI=1S/C12H14N4O2/c1-7-3-4-8(9(5-7)17-2)18-11-6-10(13)15-12(14)16-11/h3-6H,1-2H3,(H4,13,14,15,16). The molecule has 6 heteroatoms. The summed E-state index contributed by atoms with van der Waals surface area (Å²) >= 11 is 0. The fourth-order valence-corrected chi connectivity index (χ4v) is 1.49. The fourth-order valence-electron chi connectivity index (χ4n) is 1.49. The van der Waals surface area contributed by atoms with Crippen molar-refractivity contribution < 1.29 is 9.47 Å². The Kier molecular flexibility index (Phi) is 3.18. The lowest BCUT2D eigenvalue weighted by Gasteiger charge is -2.10. The van der Waals surface area contributed by atoms with Crippen LogP contribution in [0, 0.1) is 6.92 Å². The summed E-state index contributed by atoms with van der Waals surface area (Å²) in [5.41, 5.74) is 12.1. The highest BCUT2D eigenvalue weighted by molar-refractivity contribution is 5.46. The summed E-state index contributed by atoms with van der Waals surface area (Å²) in [6.45, 7) is 1.97. The van der Waals surface area contributed by atoms with Gasteiger partial charge in [0.05, 0.1) is 7.11 Å². The summed E-state index contributed by atoms with van der Waals surface area (Å²) in [6.07, 6.45) is 0. The Balaban J connectivity index is 2.33. The zero-order valence-corrected chi connectivity index (χ0v) is 10.2. The molecule has 0 aliphatic rings. The van der Waals surface area contributed by atoms with Crippen LogP contribution in [0.4, 0.5) is 11.8 Å². The van der Waals surface area contributed by atoms with E-state index >= 15 is 0 Å². The third-order valence-electron chi connectivity index (χ3n) is 2.27. The summed E-state index contributed by atoms with van der Waals surface area (Å²) in [4.78, 5) is 7.70. The van der Waals surface area contributed by atoms with Crippen molar-refractivity contribution >= 4 is 11.8 Å². The molecule has 0 saturated carbocycles. The van der Waals surface area contributed by atoms with Crippen molar-refractivity contribution in [2.45, 2.75) is 6.92 Å². The molecule has 0 aliphatic carbocycles. The highest BCUT2D eigenvalue weighted by Crippen LogP contribution is 2.31. The van der Waals surface area contributed by atoms with Crippen LogP contribution < -0.4 is 20.9 Å². The zero-order valence-electron chi connectivity index (χ0n) is 10.2. The molecule has 6 nitrogen and oxygen atoms in total. The summed E-state index contributed by atoms with van der Waals surface area (Å²) < 4.78 is 10.8. The average molecular weight is 246 g/mol. The zero-order chi connectivity index (χ0) is 13.1. The molecule has 0 aliphatic heterocycles. The second-order valence-corrected chi connectivity index (χ2v) is 3.75. The van der Waals surface area contributed by atoms with Crippen molar-refractivity contribution in [2.75, 3.05) is 18.6 Å². The van der Waals surface area contributed by atoms with Gasteiger partial charge in [-0.2, -0.15) is 9.97 Å². The Morgan fingerprint density at radius 1 is 1.06 bits per heavy atom. The van der Waals surface area contributed by atoms with Crippen LogP contribution >= 0.6 is 0 Å². The van der Waals surface area contributed by atoms with Gasteiger partial charge in [0.2, 0.25) is 11.8 Å². The van der Waals surface area contributed by atoms with Gasteiger partial charge >= 0.3 is 0 Å². The molecule has 0 radical (unpaired) electrons. The van der Waals surface area contributed by atoms with E-state index in [0.717, 1.165) is 5.56 Å². The molecule has 94 valence electrons. The number of nitrogens with zero attached hydrogens (tertiary/aromatic N) is 2. The first-order valence-corrected chi connectivity index (χ1v) is 5.31. The number of rotatable bonds is 3. The van der Waals surface area contributed by atoms with E-state index in [1.165, 1.54) is 6.07 Å². The van der Waals surface area contributed by atoms with E-state index in [4.69, 9.17) is 20.9 Å². The number of methoxy groups -OCH3 is 1. The summed E-state index contributed by atoms with van der Waals surface area (Å²) in [6, 6.07) is 7.06. The largest absolute Gasteiger partial charge is 0.493 e. The van der Waals surface area contributed by atoms with Gasteiger partial charge in [-0.25, -0.2) is 0 Å². The van der Waals surface area contributed by atoms with Crippen LogP contribution in [0.3, 0.4) is 0 Å². The molecule has 0 bridgehead atoms. The number of hydrogen-bond acceptors (Lipinski definition) is 6. The monoisotopic (exact) mass is 246 g/mol. The minimum absolute atomic E-state index is 0.0658. The maximum atomic E-state index is 5.58. The number of aromatic nitrogens is 2. The highest BCUT2D eigenvalue weighted by atomic mass is 16.5. The molecular formula is C12H14N4O2. The minimum atomic E-state index is 0.0658. The lowest BCUT2D eigenvalue weighted by Crippen LogP contribution is -2.01. The molecular weight excluding hydrogens is 232 g/mol. The molecule has 2 rings (SSSR count). The van der Waals surface area contributed by atoms with E-state index in [0.29, 0.717) is 11.5 Å². The van der Waals surface area contributed by atoms with E-state index in [1.54, 1.807) is 13.2 Å². The first kappa shape index (κ1) is 12.0. The van der Waals surface area contributed by atoms with E-state index < -0.39 is 0 Å². The number of hydrogen-bond donors (Lipinski definition) is 2. The van der Waals surface area contributed by atoms with E-state index in [1.807, 2.05) is 19.1 Å². The van der Waals surface area contributed by atoms with Crippen molar-refractivity contribution in [1.29, 1.82) is 0 Å². The molecule has 0 saturated heterocycles. The molecule has 0 spiro atoms. The van der Waals surface area contributed by atoms with Crippen molar-refractivity contribution in [3.05, 3.63) is 29.8 Å². The molecule has 2 aromatic rings. The third-order valence-corrected chi connectivity index (χ3v) is 2.27. The van der Waals surface area contributed by atoms with Gasteiger partial charge in [-0.3, -0.25) is 0 Å². The van der Waals surface area contributed by atoms with Crippen LogP contribution in [0.15, 0.2) is 24.3 Å². The number of ether oxygens (including phenoxy) is 2. The van der Waals surface area contributed by atoms with E-state index in [-0.39, 0.29) is 17.6 Å². The maximum Gasteiger partial charge on any atom is 0.226 e. The lowest BCUT2D eigenvalue weighted by molar-refractivity contribution is 0.374. The van der Waals surface area contributed by atoms with Gasteiger partial charge in [0, 0.05) is 6.07 Å². The highest BCUT2D eigenvalue weighted by Gasteiger charge is 2.08. The molecule has 4 N–H and O–H groups in total. The topological polar surface area (TPSA) is 96.3 Å². The fraction of sp³-hybridized carbons (Fsp3) is 0.167. The Bertz CT molecular complexity index is 552. The minimum Gasteiger partial charge on any atom is -0.493 e. The van der Waals surface area contributed by atoms with Crippen LogP contribution in [-0.2, 0) is 0 Å². The van der Waals surface area contributed by atoms with Crippen molar-refractivity contribution in [1.82, 2.24) is 9.97 Å². The number of aryl methyl sites for hydroxylation is 1. The summed E-state index contributed by atoms with van der Waals surface area (Å²) in [7, 11) is 1.57. The number of benzene rings is 1. The Morgan fingerprint density at radius 2 is 1.83 bits per heavy atom. The Morgan fingerprint density at radius 3 is 2.50 bits per heavy atom. The average Bonchev–Trinajstić information content (AvgIpc) is 2.30. The molecule has 18 heavy (non-hydrogen) atoms. The van der Waals surface area contributed by atoms with Gasteiger partial charge in [0.25, 0.3) is 0 Å². The Hall–Kier alpha value is -2.50. The van der Waals surface area contributed by atoms with E-state index in [9.17, 15) is 0 Å². The quantitative estimate of drug-likeness (QED) is 0.856. The van der Waals surface area contributed by atoms with Crippen LogP contribution in [-0.4, -0.2) is 17.1 Å². The van der Waals surface area contributed by atoms with Crippen molar-refractivity contribution in [3.8, 4) is 17.4 Å². The van der Waals surface area contributed by atoms with Gasteiger partial charge < -0.3 is 20.9 Å². The second-order valence-electron chi connectivity index (χ2n) is 3.75. The number of anilines is 2. The lowest BCUT2D eigenvalue weighted by atomic mass is 10.2. The summed E-state index contributed by atoms with van der Waals surface area (Å²) in [5, 5.41) is 0. The molecule has 1 heterocycles. The van der Waals surface area contributed by atoms with Gasteiger partial charge in [0.15, 0.2) is 11.5 Å². The van der Waals surface area contributed by atoms with Gasteiger partial charge in [-0.1, -0.05) is 6.07 Å². The summed E-state index contributed by atoms with van der Waals surface area (Å²) in [5.74, 6) is 1.76. The van der Waals surface area contributed by atoms with Crippen LogP contribution in [0.5, 0.6) is 17.4 Å². The molecule has 0 atom stereocenters. The van der Waals surface area contributed by atoms with Crippen molar-refractivity contribution in [3.63, 3.8) is 0 Å². The third kappa shape index (κ3) is 2.60. The SMILES string of the molecule is COc1cc(C)ccc1Oc1cc(N)nc(N)n1.